The van der Waals surface area contributed by atoms with Gasteiger partial charge in [-0.15, -0.1) is 0 Å². The third-order valence-corrected chi connectivity index (χ3v) is 6.92. The molecule has 2 aromatic rings. The molecule has 7 N–H and O–H groups in total. The molecule has 0 bridgehead atoms. The zero-order valence-electron chi connectivity index (χ0n) is 15.5. The number of fused-ring (bicyclic) bond motifs is 1. The first kappa shape index (κ1) is 24.3. The fourth-order valence-electron chi connectivity index (χ4n) is 2.81. The number of imidazole rings is 1. The lowest BCUT2D eigenvalue weighted by molar-refractivity contribution is -0.0500. The van der Waals surface area contributed by atoms with Gasteiger partial charge in [-0.3, -0.25) is 18.2 Å². The normalized spacial score (nSPS) is 28.5. The van der Waals surface area contributed by atoms with E-state index in [1.165, 1.54) is 10.9 Å². The Kier molecular flexibility index (Phi) is 6.71. The Balaban J connectivity index is 1.87. The molecule has 0 saturated carbocycles. The summed E-state index contributed by atoms with van der Waals surface area (Å²) in [6.45, 7) is -0.280. The molecule has 1 aliphatic rings. The summed E-state index contributed by atoms with van der Waals surface area (Å²) in [5.74, 6) is 0.0190. The van der Waals surface area contributed by atoms with Crippen LogP contribution in [0.5, 0.6) is 0 Å². The molecule has 1 aliphatic heterocycles. The average Bonchev–Trinajstić information content (AvgIpc) is 3.13. The van der Waals surface area contributed by atoms with Gasteiger partial charge in [-0.1, -0.05) is 0 Å². The smallest absolute Gasteiger partial charge is 0.386 e. The van der Waals surface area contributed by atoms with Crippen LogP contribution in [0, 0.1) is 0 Å². The summed E-state index contributed by atoms with van der Waals surface area (Å²) >= 11 is 0. The molecule has 0 amide bonds. The van der Waals surface area contributed by atoms with Crippen LogP contribution in [0.3, 0.4) is 0 Å². The van der Waals surface area contributed by atoms with Gasteiger partial charge < -0.3 is 35.2 Å². The van der Waals surface area contributed by atoms with Gasteiger partial charge in [0, 0.05) is 6.66 Å². The van der Waals surface area contributed by atoms with Crippen molar-refractivity contribution in [2.75, 3.05) is 19.0 Å². The molecule has 1 saturated heterocycles. The van der Waals surface area contributed by atoms with E-state index < -0.39 is 54.4 Å². The van der Waals surface area contributed by atoms with Crippen molar-refractivity contribution in [3.8, 4) is 0 Å². The number of aromatic nitrogens is 4. The predicted molar refractivity (Wildman–Crippen MR) is 99.2 cm³/mol. The lowest BCUT2D eigenvalue weighted by Crippen LogP contribution is -2.35. The van der Waals surface area contributed by atoms with Crippen LogP contribution in [0.1, 0.15) is 6.23 Å². The summed E-state index contributed by atoms with van der Waals surface area (Å²) in [5.41, 5.74) is 5.95. The molecule has 2 aromatic heterocycles. The quantitative estimate of drug-likeness (QED) is 0.237. The van der Waals surface area contributed by atoms with Crippen molar-refractivity contribution >= 4 is 40.2 Å². The number of hydrogen-bond acceptors (Lipinski definition) is 12. The Morgan fingerprint density at radius 1 is 1.19 bits per heavy atom. The highest BCUT2D eigenvalue weighted by molar-refractivity contribution is 7.63. The predicted octanol–water partition coefficient (Wildman–Crippen LogP) is -0.907. The fourth-order valence-corrected chi connectivity index (χ4v) is 5.44. The van der Waals surface area contributed by atoms with Crippen LogP contribution >= 0.6 is 23.2 Å². The highest BCUT2D eigenvalue weighted by Crippen LogP contribution is 2.58. The van der Waals surface area contributed by atoms with E-state index in [9.17, 15) is 23.7 Å². The molecule has 0 aliphatic carbocycles. The molecule has 20 heteroatoms. The Morgan fingerprint density at radius 2 is 1.87 bits per heavy atom. The first-order chi connectivity index (χ1) is 14.2. The van der Waals surface area contributed by atoms with Gasteiger partial charge in [-0.25, -0.2) is 28.4 Å². The van der Waals surface area contributed by atoms with E-state index in [1.807, 2.05) is 0 Å². The van der Waals surface area contributed by atoms with Crippen LogP contribution in [-0.4, -0.2) is 75.8 Å². The minimum Gasteiger partial charge on any atom is -0.386 e. The number of aliphatic hydroxyl groups is 1. The molecule has 174 valence electrons. The van der Waals surface area contributed by atoms with Crippen LogP contribution < -0.4 is 5.73 Å². The van der Waals surface area contributed by atoms with E-state index in [1.54, 1.807) is 0 Å². The third kappa shape index (κ3) is 5.93. The molecular formula is C11H18N5O12P3. The number of phosphoric ester groups is 2. The second kappa shape index (κ2) is 8.56. The number of phosphoric acid groups is 2. The van der Waals surface area contributed by atoms with Crippen LogP contribution in [0.15, 0.2) is 12.7 Å². The van der Waals surface area contributed by atoms with Crippen LogP contribution in [0.2, 0.25) is 0 Å². The second-order valence-electron chi connectivity index (χ2n) is 6.35. The Morgan fingerprint density at radius 3 is 2.48 bits per heavy atom. The molecule has 0 radical (unpaired) electrons. The molecule has 0 aromatic carbocycles. The maximum atomic E-state index is 11.8. The molecule has 0 spiro atoms. The molecule has 6 atom stereocenters. The van der Waals surface area contributed by atoms with E-state index in [-0.39, 0.29) is 17.0 Å². The summed E-state index contributed by atoms with van der Waals surface area (Å²) < 4.78 is 54.2. The standard InChI is InChI=1S/C11H18N5O12P3/c1-29(18,19)28-31(23,24)25-2-5-8(27-30(20,21)22)7(17)11(26-5)16-4-15-6-9(12)13-3-14-10(6)16/h3-5,7-8,11,17H,2H2,1H3,(H,18,19)(H,23,24)(H2,12,13,14)(H2,20,21,22). The molecule has 6 unspecified atom stereocenters. The van der Waals surface area contributed by atoms with Gasteiger partial charge in [0.2, 0.25) is 0 Å². The summed E-state index contributed by atoms with van der Waals surface area (Å²) in [6, 6.07) is 0. The maximum absolute atomic E-state index is 11.8. The van der Waals surface area contributed by atoms with Crippen LogP contribution in [0.4, 0.5) is 5.82 Å². The second-order valence-corrected chi connectivity index (χ2v) is 11.0. The maximum Gasteiger partial charge on any atom is 0.479 e. The lowest BCUT2D eigenvalue weighted by Gasteiger charge is -2.21. The number of anilines is 1. The van der Waals surface area contributed by atoms with Crippen molar-refractivity contribution in [2.45, 2.75) is 24.5 Å². The Hall–Kier alpha value is -1.32. The van der Waals surface area contributed by atoms with Crippen molar-refractivity contribution in [2.24, 2.45) is 0 Å². The van der Waals surface area contributed by atoms with E-state index >= 15 is 0 Å². The Labute approximate surface area is 173 Å². The molecule has 17 nitrogen and oxygen atoms in total. The third-order valence-electron chi connectivity index (χ3n) is 3.89. The van der Waals surface area contributed by atoms with E-state index in [0.29, 0.717) is 6.66 Å². The summed E-state index contributed by atoms with van der Waals surface area (Å²) in [5, 5.41) is 10.6. The zero-order valence-corrected chi connectivity index (χ0v) is 18.2. The molecule has 3 heterocycles. The monoisotopic (exact) mass is 505 g/mol. The van der Waals surface area contributed by atoms with Crippen molar-refractivity contribution in [1.29, 1.82) is 0 Å². The first-order valence-electron chi connectivity index (χ1n) is 8.16. The topological polar surface area (TPSA) is 259 Å². The first-order valence-corrected chi connectivity index (χ1v) is 13.2. The lowest BCUT2D eigenvalue weighted by atomic mass is 10.1. The number of ether oxygens (including phenoxy) is 1. The van der Waals surface area contributed by atoms with Gasteiger partial charge in [-0.05, 0) is 0 Å². The number of nitrogen functional groups attached to an aromatic ring is 1. The minimum atomic E-state index is -5.16. The average molecular weight is 505 g/mol. The number of nitrogens with two attached hydrogens (primary N) is 1. The SMILES string of the molecule is CP(=O)(O)OP(=O)(O)OCC1OC(n2cnc3c(N)ncnc32)C(O)C1OP(=O)(O)O. The van der Waals surface area contributed by atoms with Crippen molar-refractivity contribution < 1.29 is 56.5 Å². The Bertz CT molecular complexity index is 1100. The van der Waals surface area contributed by atoms with Crippen molar-refractivity contribution in [3.05, 3.63) is 12.7 Å². The van der Waals surface area contributed by atoms with Gasteiger partial charge in [0.15, 0.2) is 17.7 Å². The summed E-state index contributed by atoms with van der Waals surface area (Å²) in [4.78, 5) is 48.6. The summed E-state index contributed by atoms with van der Waals surface area (Å²) in [7, 11) is -14.6. The van der Waals surface area contributed by atoms with Gasteiger partial charge in [0.25, 0.3) is 0 Å². The van der Waals surface area contributed by atoms with E-state index in [0.717, 1.165) is 6.33 Å². The van der Waals surface area contributed by atoms with Gasteiger partial charge in [0.05, 0.1) is 12.9 Å². The van der Waals surface area contributed by atoms with Crippen LogP contribution in [-0.2, 0) is 31.8 Å². The van der Waals surface area contributed by atoms with Crippen LogP contribution in [0.25, 0.3) is 11.2 Å². The fraction of sp³-hybridized carbons (Fsp3) is 0.545. The van der Waals surface area contributed by atoms with Gasteiger partial charge in [0.1, 0.15) is 30.2 Å². The van der Waals surface area contributed by atoms with Gasteiger partial charge >= 0.3 is 23.2 Å². The van der Waals surface area contributed by atoms with E-state index in [4.69, 9.17) is 25.2 Å². The number of aliphatic hydroxyl groups excluding tert-OH is 1. The van der Waals surface area contributed by atoms with Gasteiger partial charge in [-0.2, -0.15) is 0 Å². The highest BCUT2D eigenvalue weighted by atomic mass is 31.3. The summed E-state index contributed by atoms with van der Waals surface area (Å²) in [6.07, 6.45) is -4.16. The molecule has 31 heavy (non-hydrogen) atoms. The van der Waals surface area contributed by atoms with E-state index in [2.05, 4.69) is 28.3 Å². The number of hydrogen-bond donors (Lipinski definition) is 6. The largest absolute Gasteiger partial charge is 0.479 e. The number of rotatable bonds is 8. The minimum absolute atomic E-state index is 0.0190. The highest BCUT2D eigenvalue weighted by Gasteiger charge is 2.49. The van der Waals surface area contributed by atoms with Crippen molar-refractivity contribution in [1.82, 2.24) is 19.5 Å². The molecular weight excluding hydrogens is 487 g/mol. The molecule has 1 fully saturated rings. The zero-order chi connectivity index (χ0) is 23.2. The molecule has 3 rings (SSSR count). The van der Waals surface area contributed by atoms with Crippen molar-refractivity contribution in [3.63, 3.8) is 0 Å². The number of nitrogens with zero attached hydrogens (tertiary/aromatic N) is 4.